The average Bonchev–Trinajstić information content (AvgIpc) is 2.89. The molecule has 96 valence electrons. The monoisotopic (exact) mass is 254 g/mol. The van der Waals surface area contributed by atoms with E-state index in [1.807, 2.05) is 49.5 Å². The fraction of sp³-hybridized carbons (Fsp3) is 0.143. The lowest BCUT2D eigenvalue weighted by Gasteiger charge is -2.09. The molecular formula is C14H14N4O. The van der Waals surface area contributed by atoms with Gasteiger partial charge in [-0.2, -0.15) is 5.10 Å². The predicted molar refractivity (Wildman–Crippen MR) is 73.9 cm³/mol. The Balaban J connectivity index is 1.92. The first-order valence-electron chi connectivity index (χ1n) is 6.15. The van der Waals surface area contributed by atoms with Gasteiger partial charge in [-0.15, -0.1) is 0 Å². The van der Waals surface area contributed by atoms with Crippen molar-refractivity contribution in [1.29, 1.82) is 0 Å². The second-order valence-corrected chi connectivity index (χ2v) is 4.03. The van der Waals surface area contributed by atoms with Crippen molar-refractivity contribution in [2.24, 2.45) is 0 Å². The zero-order valence-electron chi connectivity index (χ0n) is 10.6. The molecule has 3 rings (SSSR count). The highest BCUT2D eigenvalue weighted by molar-refractivity contribution is 5.73. The van der Waals surface area contributed by atoms with Crippen molar-refractivity contribution in [2.75, 3.05) is 11.9 Å². The number of rotatable bonds is 4. The number of nitrogens with one attached hydrogen (secondary N) is 1. The quantitative estimate of drug-likeness (QED) is 0.777. The number of aromatic nitrogens is 3. The van der Waals surface area contributed by atoms with Crippen LogP contribution in [0.2, 0.25) is 0 Å². The van der Waals surface area contributed by atoms with Gasteiger partial charge < -0.3 is 10.1 Å². The summed E-state index contributed by atoms with van der Waals surface area (Å²) in [7, 11) is 0. The molecule has 0 aliphatic rings. The summed E-state index contributed by atoms with van der Waals surface area (Å²) in [5, 5.41) is 7.41. The van der Waals surface area contributed by atoms with Gasteiger partial charge in [-0.25, -0.2) is 9.50 Å². The molecule has 0 bridgehead atoms. The number of benzene rings is 1. The van der Waals surface area contributed by atoms with Crippen molar-refractivity contribution in [3.63, 3.8) is 0 Å². The number of hydrogen-bond acceptors (Lipinski definition) is 4. The maximum absolute atomic E-state index is 5.48. The Bertz CT molecular complexity index is 692. The van der Waals surface area contributed by atoms with Crippen LogP contribution in [0, 0.1) is 0 Å². The molecule has 0 unspecified atom stereocenters. The Hall–Kier alpha value is -2.56. The standard InChI is InChI=1S/C14H14N4O/c1-2-19-12-6-3-5-11(9-12)17-14-13-7-4-8-18(13)16-10-15-14/h3-10H,2H2,1H3,(H,15,16,17). The van der Waals surface area contributed by atoms with Crippen LogP contribution in [0.25, 0.3) is 5.52 Å². The molecule has 0 amide bonds. The molecule has 1 aromatic carbocycles. The predicted octanol–water partition coefficient (Wildman–Crippen LogP) is 2.87. The Labute approximate surface area is 110 Å². The summed E-state index contributed by atoms with van der Waals surface area (Å²) in [6.45, 7) is 2.62. The summed E-state index contributed by atoms with van der Waals surface area (Å²) in [4.78, 5) is 4.27. The van der Waals surface area contributed by atoms with Crippen LogP contribution >= 0.6 is 0 Å². The van der Waals surface area contributed by atoms with Gasteiger partial charge in [-0.1, -0.05) is 6.07 Å². The van der Waals surface area contributed by atoms with Crippen LogP contribution in [-0.2, 0) is 0 Å². The lowest BCUT2D eigenvalue weighted by molar-refractivity contribution is 0.340. The van der Waals surface area contributed by atoms with Gasteiger partial charge >= 0.3 is 0 Å². The van der Waals surface area contributed by atoms with Gasteiger partial charge in [0.1, 0.15) is 17.6 Å². The third-order valence-electron chi connectivity index (χ3n) is 2.74. The van der Waals surface area contributed by atoms with E-state index < -0.39 is 0 Å². The van der Waals surface area contributed by atoms with Crippen molar-refractivity contribution >= 4 is 17.0 Å². The highest BCUT2D eigenvalue weighted by atomic mass is 16.5. The molecule has 0 spiro atoms. The number of nitrogens with zero attached hydrogens (tertiary/aromatic N) is 3. The Morgan fingerprint density at radius 1 is 1.26 bits per heavy atom. The molecule has 5 heteroatoms. The number of ether oxygens (including phenoxy) is 1. The lowest BCUT2D eigenvalue weighted by Crippen LogP contribution is -1.99. The van der Waals surface area contributed by atoms with Gasteiger partial charge in [-0.3, -0.25) is 0 Å². The molecule has 1 N–H and O–H groups in total. The zero-order chi connectivity index (χ0) is 13.1. The molecule has 0 saturated heterocycles. The fourth-order valence-electron chi connectivity index (χ4n) is 1.93. The molecule has 2 aromatic heterocycles. The van der Waals surface area contributed by atoms with E-state index in [0.29, 0.717) is 6.61 Å². The maximum Gasteiger partial charge on any atom is 0.158 e. The molecular weight excluding hydrogens is 240 g/mol. The van der Waals surface area contributed by atoms with E-state index in [1.165, 1.54) is 6.33 Å². The Morgan fingerprint density at radius 3 is 3.11 bits per heavy atom. The molecule has 0 aliphatic heterocycles. The molecule has 0 radical (unpaired) electrons. The Morgan fingerprint density at radius 2 is 2.21 bits per heavy atom. The highest BCUT2D eigenvalue weighted by Crippen LogP contribution is 2.22. The molecule has 19 heavy (non-hydrogen) atoms. The van der Waals surface area contributed by atoms with Crippen LogP contribution < -0.4 is 10.1 Å². The van der Waals surface area contributed by atoms with E-state index in [9.17, 15) is 0 Å². The first-order valence-corrected chi connectivity index (χ1v) is 6.15. The van der Waals surface area contributed by atoms with Crippen molar-refractivity contribution in [3.05, 3.63) is 48.9 Å². The average molecular weight is 254 g/mol. The molecule has 0 saturated carbocycles. The summed E-state index contributed by atoms with van der Waals surface area (Å²) in [5.41, 5.74) is 1.87. The van der Waals surface area contributed by atoms with Crippen LogP contribution in [0.5, 0.6) is 5.75 Å². The van der Waals surface area contributed by atoms with E-state index in [1.54, 1.807) is 4.52 Å². The van der Waals surface area contributed by atoms with Gasteiger partial charge in [0.05, 0.1) is 6.61 Å². The minimum atomic E-state index is 0.653. The van der Waals surface area contributed by atoms with E-state index >= 15 is 0 Å². The van der Waals surface area contributed by atoms with Crippen LogP contribution in [0.3, 0.4) is 0 Å². The van der Waals surface area contributed by atoms with Crippen LogP contribution in [0.15, 0.2) is 48.9 Å². The SMILES string of the molecule is CCOc1cccc(Nc2ncnn3cccc23)c1. The molecule has 0 atom stereocenters. The largest absolute Gasteiger partial charge is 0.494 e. The van der Waals surface area contributed by atoms with Crippen molar-refractivity contribution in [3.8, 4) is 5.75 Å². The van der Waals surface area contributed by atoms with Crippen LogP contribution in [0.1, 0.15) is 6.92 Å². The maximum atomic E-state index is 5.48. The summed E-state index contributed by atoms with van der Waals surface area (Å²) >= 11 is 0. The van der Waals surface area contributed by atoms with Crippen molar-refractivity contribution in [1.82, 2.24) is 14.6 Å². The van der Waals surface area contributed by atoms with Gasteiger partial charge in [0, 0.05) is 18.0 Å². The summed E-state index contributed by atoms with van der Waals surface area (Å²) in [6.07, 6.45) is 3.42. The minimum absolute atomic E-state index is 0.653. The third kappa shape index (κ3) is 2.35. The van der Waals surface area contributed by atoms with Crippen LogP contribution in [-0.4, -0.2) is 21.2 Å². The minimum Gasteiger partial charge on any atom is -0.494 e. The number of fused-ring (bicyclic) bond motifs is 1. The van der Waals surface area contributed by atoms with Gasteiger partial charge in [0.25, 0.3) is 0 Å². The second kappa shape index (κ2) is 4.97. The van der Waals surface area contributed by atoms with Crippen molar-refractivity contribution < 1.29 is 4.74 Å². The fourth-order valence-corrected chi connectivity index (χ4v) is 1.93. The molecule has 0 fully saturated rings. The van der Waals surface area contributed by atoms with Gasteiger partial charge in [0.2, 0.25) is 0 Å². The van der Waals surface area contributed by atoms with Gasteiger partial charge in [-0.05, 0) is 31.2 Å². The van der Waals surface area contributed by atoms with Crippen LogP contribution in [0.4, 0.5) is 11.5 Å². The number of hydrogen-bond donors (Lipinski definition) is 1. The van der Waals surface area contributed by atoms with Crippen molar-refractivity contribution in [2.45, 2.75) is 6.92 Å². The highest BCUT2D eigenvalue weighted by Gasteiger charge is 2.04. The zero-order valence-corrected chi connectivity index (χ0v) is 10.6. The molecule has 3 aromatic rings. The Kier molecular flexibility index (Phi) is 3.02. The normalized spacial score (nSPS) is 10.6. The van der Waals surface area contributed by atoms with E-state index in [-0.39, 0.29) is 0 Å². The van der Waals surface area contributed by atoms with Gasteiger partial charge in [0.15, 0.2) is 5.82 Å². The van der Waals surface area contributed by atoms with E-state index in [2.05, 4.69) is 15.4 Å². The molecule has 2 heterocycles. The summed E-state index contributed by atoms with van der Waals surface area (Å²) < 4.78 is 7.26. The molecule has 5 nitrogen and oxygen atoms in total. The smallest absolute Gasteiger partial charge is 0.158 e. The number of anilines is 2. The summed E-state index contributed by atoms with van der Waals surface area (Å²) in [5.74, 6) is 1.61. The van der Waals surface area contributed by atoms with E-state index in [0.717, 1.165) is 22.8 Å². The van der Waals surface area contributed by atoms with E-state index in [4.69, 9.17) is 4.74 Å². The second-order valence-electron chi connectivity index (χ2n) is 4.03. The first kappa shape index (κ1) is 11.5. The summed E-state index contributed by atoms with van der Waals surface area (Å²) in [6, 6.07) is 11.7. The molecule has 0 aliphatic carbocycles. The topological polar surface area (TPSA) is 51.5 Å². The first-order chi connectivity index (χ1) is 9.36. The lowest BCUT2D eigenvalue weighted by atomic mass is 10.3. The third-order valence-corrected chi connectivity index (χ3v) is 2.74.